The van der Waals surface area contributed by atoms with Crippen molar-refractivity contribution >= 4 is 95.6 Å². The molecule has 0 unspecified atom stereocenters. The second-order valence-corrected chi connectivity index (χ2v) is 28.4. The van der Waals surface area contributed by atoms with Crippen molar-refractivity contribution in [3.05, 3.63) is 215 Å². The zero-order valence-corrected chi connectivity index (χ0v) is 54.8. The number of para-hydroxylation sites is 3. The van der Waals surface area contributed by atoms with E-state index in [0.717, 1.165) is 123 Å². The van der Waals surface area contributed by atoms with Crippen LogP contribution in [-0.2, 0) is 41.8 Å². The summed E-state index contributed by atoms with van der Waals surface area (Å²) in [6, 6.07) is 62.9. The van der Waals surface area contributed by atoms with Gasteiger partial charge in [-0.25, -0.2) is 0 Å². The fourth-order valence-electron chi connectivity index (χ4n) is 13.4. The Hall–Kier alpha value is -8.56. The zero-order chi connectivity index (χ0) is 60.5. The van der Waals surface area contributed by atoms with Crippen LogP contribution in [0, 0.1) is 31.8 Å². The third kappa shape index (κ3) is 8.98. The molecule has 0 saturated carbocycles. The minimum absolute atomic E-state index is 0. The SMILES string of the molecule is CC(C)(C)c1ccc2c(c1)Oc1cc(C(C)(C)C)cc3c1N2c1cc(-c2cc[c-]c4c2c2ccccc2n2c5ccccc5nc42)cc2c1B3c1cc(C(C)(C)C)cc3c1N2c1ccc(C(C)(C)C)cc1O3.Cc1cnc(-c2[c-]cc(F)cc2)cc1C.[Ir]. The molecule has 3 aromatic heterocycles. The van der Waals surface area contributed by atoms with Crippen LogP contribution >= 0.6 is 0 Å². The molecule has 4 aliphatic rings. The monoisotopic (exact) mass is 1330 g/mol. The predicted molar refractivity (Wildman–Crippen MR) is 359 cm³/mol. The number of halogens is 1. The molecule has 0 atom stereocenters. The molecule has 0 amide bonds. The van der Waals surface area contributed by atoms with E-state index in [1.165, 1.54) is 56.3 Å². The van der Waals surface area contributed by atoms with E-state index in [1.54, 1.807) is 6.07 Å². The van der Waals surface area contributed by atoms with Gasteiger partial charge in [-0.2, -0.15) is 0 Å². The summed E-state index contributed by atoms with van der Waals surface area (Å²) in [5.41, 5.74) is 25.1. The molecule has 9 aromatic carbocycles. The number of pyridine rings is 2. The van der Waals surface area contributed by atoms with E-state index < -0.39 is 0 Å². The number of aryl methyl sites for hydroxylation is 2. The summed E-state index contributed by atoms with van der Waals surface area (Å²) in [4.78, 5) is 14.7. The number of fused-ring (bicyclic) bond motifs is 16. The number of aromatic nitrogens is 3. The van der Waals surface area contributed by atoms with Crippen LogP contribution in [0.1, 0.15) is 116 Å². The number of hydrogen-bond acceptors (Lipinski definition) is 6. The first kappa shape index (κ1) is 57.2. The second kappa shape index (κ2) is 20.0. The van der Waals surface area contributed by atoms with Gasteiger partial charge in [-0.15, -0.1) is 48.0 Å². The van der Waals surface area contributed by atoms with Crippen LogP contribution in [0.2, 0.25) is 0 Å². The summed E-state index contributed by atoms with van der Waals surface area (Å²) >= 11 is 0. The van der Waals surface area contributed by atoms with E-state index in [2.05, 4.69) is 248 Å². The van der Waals surface area contributed by atoms with Crippen LogP contribution in [0.25, 0.3) is 60.7 Å². The molecule has 16 rings (SSSR count). The standard InChI is InChI=1S/C65H58BN4O2.C13H11FN.Ir/c1-62(2,3)37-24-26-49-53(32-37)71-55-34-39(64(7,8)9)30-44-59(55)68(49)51-28-36(41-19-17-20-43-57(41)42-18-13-15-22-47(42)70-48-23-16-14-21-46(48)67-61(43)70)29-52-58(51)66(44)45-31-40(65(10,11)12)35-56-60(45)69(52)50-27-25-38(63(4,5)6)33-54(50)72-56;1-9-7-13(15-8-10(9)2)11-3-5-12(14)6-4-11;/h13-19,21-35H,1-12H3;3,5-8H,1-2H3;/q2*-1;. The van der Waals surface area contributed by atoms with Gasteiger partial charge in [-0.1, -0.05) is 166 Å². The van der Waals surface area contributed by atoms with Crippen molar-refractivity contribution < 1.29 is 34.0 Å². The van der Waals surface area contributed by atoms with Crippen LogP contribution in [0.4, 0.5) is 38.5 Å². The third-order valence-electron chi connectivity index (χ3n) is 18.4. The molecule has 439 valence electrons. The maximum absolute atomic E-state index is 12.7. The number of nitrogens with zero attached hydrogens (tertiary/aromatic N) is 5. The van der Waals surface area contributed by atoms with Gasteiger partial charge in [0.2, 0.25) is 0 Å². The number of hydrogen-bond donors (Lipinski definition) is 0. The van der Waals surface area contributed by atoms with E-state index in [-0.39, 0.29) is 54.3 Å². The Morgan fingerprint density at radius 2 is 1.07 bits per heavy atom. The molecule has 4 aliphatic heterocycles. The average Bonchev–Trinajstić information content (AvgIpc) is 0.730. The number of imidazole rings is 1. The van der Waals surface area contributed by atoms with Crippen molar-refractivity contribution in [1.29, 1.82) is 0 Å². The number of ether oxygens (including phenoxy) is 2. The maximum atomic E-state index is 12.7. The van der Waals surface area contributed by atoms with Crippen LogP contribution in [0.3, 0.4) is 0 Å². The second-order valence-electron chi connectivity index (χ2n) is 28.4. The molecule has 0 aliphatic carbocycles. The van der Waals surface area contributed by atoms with Gasteiger partial charge < -0.3 is 28.7 Å². The third-order valence-corrected chi connectivity index (χ3v) is 18.4. The first-order valence-electron chi connectivity index (χ1n) is 30.4. The smallest absolute Gasteiger partial charge is 0.252 e. The van der Waals surface area contributed by atoms with Crippen molar-refractivity contribution in [1.82, 2.24) is 14.4 Å². The van der Waals surface area contributed by atoms with Gasteiger partial charge in [0, 0.05) is 49.0 Å². The topological polar surface area (TPSA) is 55.1 Å². The van der Waals surface area contributed by atoms with E-state index in [0.29, 0.717) is 0 Å². The van der Waals surface area contributed by atoms with E-state index in [9.17, 15) is 4.39 Å². The number of benzene rings is 9. The Balaban J connectivity index is 0.000000372. The molecule has 88 heavy (non-hydrogen) atoms. The molecule has 12 aromatic rings. The van der Waals surface area contributed by atoms with Gasteiger partial charge in [0.15, 0.2) is 23.0 Å². The molecule has 1 radical (unpaired) electrons. The minimum atomic E-state index is -0.275. The molecule has 0 saturated heterocycles. The average molecular weight is 1330 g/mol. The summed E-state index contributed by atoms with van der Waals surface area (Å²) in [6.07, 6.45) is 1.82. The quantitative estimate of drug-likeness (QED) is 0.0977. The van der Waals surface area contributed by atoms with Crippen LogP contribution in [0.15, 0.2) is 164 Å². The normalized spacial score (nSPS) is 13.6. The first-order chi connectivity index (χ1) is 41.4. The Labute approximate surface area is 529 Å². The van der Waals surface area contributed by atoms with Gasteiger partial charge in [0.1, 0.15) is 0 Å². The fraction of sp³-hybridized carbons (Fsp3) is 0.231. The number of anilines is 6. The molecular weight excluding hydrogens is 1260 g/mol. The molecule has 0 spiro atoms. The van der Waals surface area contributed by atoms with Crippen molar-refractivity contribution in [2.24, 2.45) is 0 Å². The van der Waals surface area contributed by atoms with E-state index in [4.69, 9.17) is 14.5 Å². The van der Waals surface area contributed by atoms with Crippen molar-refractivity contribution in [3.8, 4) is 45.4 Å². The molecular formula is C78H69BFIrN5O2-2. The first-order valence-corrected chi connectivity index (χ1v) is 30.4. The van der Waals surface area contributed by atoms with Crippen LogP contribution < -0.4 is 35.7 Å². The summed E-state index contributed by atoms with van der Waals surface area (Å²) < 4.78 is 29.6. The molecule has 0 fully saturated rings. The molecule has 7 nitrogen and oxygen atoms in total. The van der Waals surface area contributed by atoms with Gasteiger partial charge in [0.25, 0.3) is 6.71 Å². The van der Waals surface area contributed by atoms with Crippen molar-refractivity contribution in [3.63, 3.8) is 0 Å². The van der Waals surface area contributed by atoms with Gasteiger partial charge >= 0.3 is 0 Å². The number of rotatable bonds is 2. The summed E-state index contributed by atoms with van der Waals surface area (Å²) in [5, 5.41) is 3.28. The van der Waals surface area contributed by atoms with Gasteiger partial charge in [-0.3, -0.25) is 9.37 Å². The Morgan fingerprint density at radius 3 is 1.61 bits per heavy atom. The van der Waals surface area contributed by atoms with Crippen LogP contribution in [0.5, 0.6) is 23.0 Å². The van der Waals surface area contributed by atoms with Crippen molar-refractivity contribution in [2.75, 3.05) is 9.80 Å². The minimum Gasteiger partial charge on any atom is -0.453 e. The summed E-state index contributed by atoms with van der Waals surface area (Å²) in [7, 11) is 0. The predicted octanol–water partition coefficient (Wildman–Crippen LogP) is 19.0. The Morgan fingerprint density at radius 1 is 0.523 bits per heavy atom. The Kier molecular flexibility index (Phi) is 13.0. The summed E-state index contributed by atoms with van der Waals surface area (Å²) in [5.74, 6) is 3.22. The summed E-state index contributed by atoms with van der Waals surface area (Å²) in [6.45, 7) is 31.5. The Bertz CT molecular complexity index is 4760. The molecule has 10 heteroatoms. The van der Waals surface area contributed by atoms with E-state index in [1.807, 2.05) is 26.1 Å². The molecule has 0 bridgehead atoms. The van der Waals surface area contributed by atoms with Crippen LogP contribution in [-0.4, -0.2) is 21.1 Å². The zero-order valence-electron chi connectivity index (χ0n) is 52.4. The van der Waals surface area contributed by atoms with Crippen molar-refractivity contribution in [2.45, 2.75) is 119 Å². The van der Waals surface area contributed by atoms with Gasteiger partial charge in [0.05, 0.1) is 39.4 Å². The van der Waals surface area contributed by atoms with Gasteiger partial charge in [-0.05, 0) is 163 Å². The fourth-order valence-corrected chi connectivity index (χ4v) is 13.4. The molecule has 0 N–H and O–H groups in total. The molecule has 7 heterocycles. The maximum Gasteiger partial charge on any atom is 0.252 e. The van der Waals surface area contributed by atoms with E-state index >= 15 is 0 Å². The largest absolute Gasteiger partial charge is 0.453 e.